The minimum atomic E-state index is -0.458. The molecule has 2 aromatic heterocycles. The van der Waals surface area contributed by atoms with E-state index in [1.807, 2.05) is 0 Å². The lowest BCUT2D eigenvalue weighted by molar-refractivity contribution is -0.384. The Bertz CT molecular complexity index is 814. The van der Waals surface area contributed by atoms with Crippen molar-refractivity contribution >= 4 is 40.1 Å². The molecule has 0 amide bonds. The number of non-ortho nitro benzene ring substituents is 1. The Hall–Kier alpha value is -2.18. The monoisotopic (exact) mass is 308 g/mol. The van der Waals surface area contributed by atoms with Crippen LogP contribution in [0.25, 0.3) is 22.6 Å². The highest BCUT2D eigenvalue weighted by molar-refractivity contribution is 6.44. The molecule has 0 atom stereocenters. The van der Waals surface area contributed by atoms with Gasteiger partial charge in [0.1, 0.15) is 11.3 Å². The summed E-state index contributed by atoms with van der Waals surface area (Å²) < 4.78 is 0. The van der Waals surface area contributed by atoms with Crippen molar-refractivity contribution in [3.63, 3.8) is 0 Å². The molecule has 20 heavy (non-hydrogen) atoms. The number of benzene rings is 1. The van der Waals surface area contributed by atoms with Crippen molar-refractivity contribution in [2.75, 3.05) is 0 Å². The fourth-order valence-electron chi connectivity index (χ4n) is 1.78. The second-order valence-electron chi connectivity index (χ2n) is 4.01. The molecule has 6 nitrogen and oxygen atoms in total. The number of nitrogens with one attached hydrogen (secondary N) is 1. The van der Waals surface area contributed by atoms with Crippen molar-refractivity contribution in [2.45, 2.75) is 0 Å². The van der Waals surface area contributed by atoms with Crippen LogP contribution in [0, 0.1) is 10.1 Å². The van der Waals surface area contributed by atoms with Crippen LogP contribution < -0.4 is 0 Å². The first kappa shape index (κ1) is 12.8. The summed E-state index contributed by atoms with van der Waals surface area (Å²) >= 11 is 11.9. The van der Waals surface area contributed by atoms with Crippen LogP contribution in [0.15, 0.2) is 30.5 Å². The van der Waals surface area contributed by atoms with E-state index in [1.165, 1.54) is 18.3 Å². The molecule has 2 heterocycles. The first-order valence-corrected chi connectivity index (χ1v) is 6.26. The summed E-state index contributed by atoms with van der Waals surface area (Å²) in [5.41, 5.74) is 1.69. The van der Waals surface area contributed by atoms with E-state index in [0.717, 1.165) is 0 Å². The average Bonchev–Trinajstić information content (AvgIpc) is 2.88. The van der Waals surface area contributed by atoms with Crippen LogP contribution >= 0.6 is 23.2 Å². The molecule has 0 saturated heterocycles. The van der Waals surface area contributed by atoms with Crippen molar-refractivity contribution in [2.24, 2.45) is 0 Å². The molecule has 100 valence electrons. The number of nitro benzene ring substituents is 1. The van der Waals surface area contributed by atoms with Gasteiger partial charge in [-0.25, -0.2) is 9.97 Å². The van der Waals surface area contributed by atoms with Gasteiger partial charge in [0.15, 0.2) is 5.65 Å². The van der Waals surface area contributed by atoms with Crippen LogP contribution in [0.5, 0.6) is 0 Å². The molecule has 1 aromatic carbocycles. The Morgan fingerprint density at radius 2 is 1.90 bits per heavy atom. The zero-order valence-electron chi connectivity index (χ0n) is 9.80. The maximum absolute atomic E-state index is 10.6. The van der Waals surface area contributed by atoms with E-state index in [2.05, 4.69) is 15.0 Å². The van der Waals surface area contributed by atoms with Crippen molar-refractivity contribution in [3.8, 4) is 11.4 Å². The molecule has 0 aliphatic heterocycles. The molecule has 0 spiro atoms. The predicted molar refractivity (Wildman–Crippen MR) is 76.0 cm³/mol. The van der Waals surface area contributed by atoms with Gasteiger partial charge in [0.25, 0.3) is 5.69 Å². The number of hydrogen-bond donors (Lipinski definition) is 1. The maximum atomic E-state index is 10.6. The lowest BCUT2D eigenvalue weighted by Gasteiger charge is -1.95. The largest absolute Gasteiger partial charge is 0.323 e. The number of aromatic nitrogens is 3. The molecule has 3 rings (SSSR count). The smallest absolute Gasteiger partial charge is 0.269 e. The lowest BCUT2D eigenvalue weighted by Crippen LogP contribution is -1.87. The van der Waals surface area contributed by atoms with Gasteiger partial charge in [-0.3, -0.25) is 10.1 Å². The molecule has 0 unspecified atom stereocenters. The number of pyridine rings is 1. The standard InChI is InChI=1S/C12H6Cl2N4O2/c13-8-5-15-12-10(9(8)14)16-11(17-12)6-1-3-7(4-2-6)18(19)20/h1-5H,(H,15,16,17). The number of rotatable bonds is 2. The molecule has 1 N–H and O–H groups in total. The highest BCUT2D eigenvalue weighted by atomic mass is 35.5. The average molecular weight is 309 g/mol. The van der Waals surface area contributed by atoms with Crippen LogP contribution in [0.3, 0.4) is 0 Å². The highest BCUT2D eigenvalue weighted by Gasteiger charge is 2.12. The van der Waals surface area contributed by atoms with Gasteiger partial charge < -0.3 is 4.98 Å². The van der Waals surface area contributed by atoms with Crippen LogP contribution in [0.4, 0.5) is 5.69 Å². The zero-order chi connectivity index (χ0) is 14.3. The van der Waals surface area contributed by atoms with Crippen molar-refractivity contribution in [3.05, 3.63) is 50.6 Å². The summed E-state index contributed by atoms with van der Waals surface area (Å²) in [6.07, 6.45) is 1.43. The van der Waals surface area contributed by atoms with Crippen LogP contribution in [-0.2, 0) is 0 Å². The number of aromatic amines is 1. The van der Waals surface area contributed by atoms with E-state index < -0.39 is 4.92 Å². The number of imidazole rings is 1. The van der Waals surface area contributed by atoms with Gasteiger partial charge in [-0.15, -0.1) is 0 Å². The summed E-state index contributed by atoms with van der Waals surface area (Å²) in [6.45, 7) is 0. The SMILES string of the molecule is O=[N+]([O-])c1ccc(-c2nc3c(Cl)c(Cl)cnc3[nH]2)cc1. The first-order chi connectivity index (χ1) is 9.56. The minimum Gasteiger partial charge on any atom is -0.323 e. The number of halogens is 2. The van der Waals surface area contributed by atoms with Gasteiger partial charge in [0, 0.05) is 23.9 Å². The van der Waals surface area contributed by atoms with Crippen molar-refractivity contribution < 1.29 is 4.92 Å². The fourth-order valence-corrected chi connectivity index (χ4v) is 2.10. The third kappa shape index (κ3) is 2.09. The summed E-state index contributed by atoms with van der Waals surface area (Å²) in [5.74, 6) is 0.520. The highest BCUT2D eigenvalue weighted by Crippen LogP contribution is 2.30. The van der Waals surface area contributed by atoms with Crippen molar-refractivity contribution in [1.29, 1.82) is 0 Å². The lowest BCUT2D eigenvalue weighted by atomic mass is 10.2. The summed E-state index contributed by atoms with van der Waals surface area (Å²) in [4.78, 5) is 21.6. The molecule has 0 radical (unpaired) electrons. The third-order valence-corrected chi connectivity index (χ3v) is 3.53. The van der Waals surface area contributed by atoms with E-state index >= 15 is 0 Å². The Balaban J connectivity index is 2.10. The Morgan fingerprint density at radius 3 is 2.55 bits per heavy atom. The second-order valence-corrected chi connectivity index (χ2v) is 4.79. The number of nitrogens with zero attached hydrogens (tertiary/aromatic N) is 3. The topological polar surface area (TPSA) is 84.7 Å². The van der Waals surface area contributed by atoms with Gasteiger partial charge in [0.2, 0.25) is 0 Å². The molecular formula is C12H6Cl2N4O2. The minimum absolute atomic E-state index is 0.0177. The third-order valence-electron chi connectivity index (χ3n) is 2.76. The zero-order valence-corrected chi connectivity index (χ0v) is 11.3. The predicted octanol–water partition coefficient (Wildman–Crippen LogP) is 3.84. The number of fused-ring (bicyclic) bond motifs is 1. The van der Waals surface area contributed by atoms with E-state index in [1.54, 1.807) is 12.1 Å². The van der Waals surface area contributed by atoms with E-state index in [9.17, 15) is 10.1 Å². The second kappa shape index (κ2) is 4.73. The maximum Gasteiger partial charge on any atom is 0.269 e. The summed E-state index contributed by atoms with van der Waals surface area (Å²) in [6, 6.07) is 6.02. The number of nitro groups is 1. The van der Waals surface area contributed by atoms with Crippen molar-refractivity contribution in [1.82, 2.24) is 15.0 Å². The summed E-state index contributed by atoms with van der Waals surface area (Å²) in [7, 11) is 0. The molecule has 8 heteroatoms. The molecule has 0 saturated carbocycles. The molecular weight excluding hydrogens is 303 g/mol. The van der Waals surface area contributed by atoms with Gasteiger partial charge in [-0.2, -0.15) is 0 Å². The molecule has 3 aromatic rings. The van der Waals surface area contributed by atoms with Gasteiger partial charge in [-0.05, 0) is 12.1 Å². The Labute approximate surface area is 122 Å². The van der Waals surface area contributed by atoms with Gasteiger partial charge >= 0.3 is 0 Å². The molecule has 0 fully saturated rings. The molecule has 0 aliphatic rings. The normalized spacial score (nSPS) is 10.9. The van der Waals surface area contributed by atoms with E-state index in [-0.39, 0.29) is 5.69 Å². The fraction of sp³-hybridized carbons (Fsp3) is 0. The molecule has 0 bridgehead atoms. The molecule has 0 aliphatic carbocycles. The van der Waals surface area contributed by atoms with Gasteiger partial charge in [-0.1, -0.05) is 23.2 Å². The number of hydrogen-bond acceptors (Lipinski definition) is 4. The van der Waals surface area contributed by atoms with Gasteiger partial charge in [0.05, 0.1) is 15.0 Å². The quantitative estimate of drug-likeness (QED) is 0.575. The van der Waals surface area contributed by atoms with Crippen LogP contribution in [-0.4, -0.2) is 19.9 Å². The van der Waals surface area contributed by atoms with E-state index in [0.29, 0.717) is 32.6 Å². The first-order valence-electron chi connectivity index (χ1n) is 5.51. The summed E-state index contributed by atoms with van der Waals surface area (Å²) in [5, 5.41) is 11.3. The van der Waals surface area contributed by atoms with Crippen LogP contribution in [0.1, 0.15) is 0 Å². The Kier molecular flexibility index (Phi) is 3.04. The Morgan fingerprint density at radius 1 is 1.20 bits per heavy atom. The number of H-pyrrole nitrogens is 1. The van der Waals surface area contributed by atoms with E-state index in [4.69, 9.17) is 23.2 Å². The van der Waals surface area contributed by atoms with Crippen LogP contribution in [0.2, 0.25) is 10.0 Å².